The van der Waals surface area contributed by atoms with Crippen LogP contribution in [-0.2, 0) is 0 Å². The van der Waals surface area contributed by atoms with Crippen LogP contribution >= 0.6 is 11.6 Å². The lowest BCUT2D eigenvalue weighted by Crippen LogP contribution is -2.10. The highest BCUT2D eigenvalue weighted by molar-refractivity contribution is 6.33. The number of halogens is 3. The molecule has 106 valence electrons. The molecule has 1 unspecified atom stereocenters. The topological polar surface area (TPSA) is 12.0 Å². The zero-order valence-electron chi connectivity index (χ0n) is 11.6. The van der Waals surface area contributed by atoms with Crippen LogP contribution in [0, 0.1) is 25.5 Å². The van der Waals surface area contributed by atoms with Crippen molar-refractivity contribution < 1.29 is 8.78 Å². The Morgan fingerprint density at radius 1 is 1.10 bits per heavy atom. The SMILES string of the molecule is Cc1ccc(C)c(C(C)Nc2c(F)cc(F)cc2Cl)c1. The van der Waals surface area contributed by atoms with Crippen LogP contribution in [0.2, 0.25) is 5.02 Å². The van der Waals surface area contributed by atoms with Crippen LogP contribution in [0.5, 0.6) is 0 Å². The molecule has 0 aliphatic carbocycles. The molecule has 20 heavy (non-hydrogen) atoms. The molecule has 2 rings (SSSR count). The van der Waals surface area contributed by atoms with Crippen LogP contribution in [0.4, 0.5) is 14.5 Å². The summed E-state index contributed by atoms with van der Waals surface area (Å²) in [5, 5.41) is 3.06. The lowest BCUT2D eigenvalue weighted by Gasteiger charge is -2.19. The van der Waals surface area contributed by atoms with Gasteiger partial charge in [0.1, 0.15) is 5.82 Å². The standard InChI is InChI=1S/C16H16ClF2N/c1-9-4-5-10(2)13(6-9)11(3)20-16-14(17)7-12(18)8-15(16)19/h4-8,11,20H,1-3H3. The van der Waals surface area contributed by atoms with E-state index >= 15 is 0 Å². The fraction of sp³-hybridized carbons (Fsp3) is 0.250. The van der Waals surface area contributed by atoms with Gasteiger partial charge in [-0.15, -0.1) is 0 Å². The smallest absolute Gasteiger partial charge is 0.150 e. The van der Waals surface area contributed by atoms with E-state index in [-0.39, 0.29) is 16.8 Å². The van der Waals surface area contributed by atoms with E-state index in [0.717, 1.165) is 28.8 Å². The second-order valence-corrected chi connectivity index (χ2v) is 5.38. The van der Waals surface area contributed by atoms with Gasteiger partial charge in [0, 0.05) is 12.1 Å². The van der Waals surface area contributed by atoms with Gasteiger partial charge in [-0.05, 0) is 38.0 Å². The van der Waals surface area contributed by atoms with Crippen molar-refractivity contribution in [3.63, 3.8) is 0 Å². The zero-order chi connectivity index (χ0) is 14.9. The molecule has 1 atom stereocenters. The van der Waals surface area contributed by atoms with Gasteiger partial charge in [0.2, 0.25) is 0 Å². The van der Waals surface area contributed by atoms with Crippen LogP contribution in [0.25, 0.3) is 0 Å². The van der Waals surface area contributed by atoms with Crippen molar-refractivity contribution in [1.29, 1.82) is 0 Å². The van der Waals surface area contributed by atoms with E-state index in [1.165, 1.54) is 0 Å². The summed E-state index contributed by atoms with van der Waals surface area (Å²) in [6, 6.07) is 7.88. The van der Waals surface area contributed by atoms with Gasteiger partial charge >= 0.3 is 0 Å². The highest BCUT2D eigenvalue weighted by Gasteiger charge is 2.15. The highest BCUT2D eigenvalue weighted by atomic mass is 35.5. The maximum absolute atomic E-state index is 13.8. The minimum Gasteiger partial charge on any atom is -0.375 e. The van der Waals surface area contributed by atoms with Crippen molar-refractivity contribution in [3.05, 3.63) is 63.7 Å². The van der Waals surface area contributed by atoms with Crippen molar-refractivity contribution in [2.24, 2.45) is 0 Å². The minimum atomic E-state index is -0.688. The Kier molecular flexibility index (Phi) is 4.29. The van der Waals surface area contributed by atoms with Gasteiger partial charge in [0.15, 0.2) is 5.82 Å². The molecule has 2 aromatic rings. The van der Waals surface area contributed by atoms with Crippen molar-refractivity contribution in [3.8, 4) is 0 Å². The lowest BCUT2D eigenvalue weighted by molar-refractivity contribution is 0.584. The molecule has 0 aliphatic heterocycles. The second-order valence-electron chi connectivity index (χ2n) is 4.97. The minimum absolute atomic E-state index is 0.0413. The first-order valence-corrected chi connectivity index (χ1v) is 6.74. The number of rotatable bonds is 3. The van der Waals surface area contributed by atoms with E-state index < -0.39 is 11.6 Å². The molecule has 0 fully saturated rings. The molecular formula is C16H16ClF2N. The molecule has 1 nitrogen and oxygen atoms in total. The van der Waals surface area contributed by atoms with Crippen molar-refractivity contribution in [1.82, 2.24) is 0 Å². The van der Waals surface area contributed by atoms with Gasteiger partial charge in [0.05, 0.1) is 10.7 Å². The molecule has 0 saturated carbocycles. The van der Waals surface area contributed by atoms with Gasteiger partial charge in [0.25, 0.3) is 0 Å². The number of nitrogens with one attached hydrogen (secondary N) is 1. The third-order valence-corrected chi connectivity index (χ3v) is 3.57. The van der Waals surface area contributed by atoms with Gasteiger partial charge in [-0.25, -0.2) is 8.78 Å². The Balaban J connectivity index is 2.32. The predicted octanol–water partition coefficient (Wildman–Crippen LogP) is 5.41. The average Bonchev–Trinajstić information content (AvgIpc) is 2.36. The average molecular weight is 296 g/mol. The van der Waals surface area contributed by atoms with Crippen LogP contribution in [-0.4, -0.2) is 0 Å². The van der Waals surface area contributed by atoms with Crippen molar-refractivity contribution >= 4 is 17.3 Å². The summed E-state index contributed by atoms with van der Waals surface area (Å²) in [7, 11) is 0. The first kappa shape index (κ1) is 14.8. The normalized spacial score (nSPS) is 12.3. The summed E-state index contributed by atoms with van der Waals surface area (Å²) in [6.45, 7) is 5.91. The number of aryl methyl sites for hydroxylation is 2. The summed E-state index contributed by atoms with van der Waals surface area (Å²) in [6.07, 6.45) is 0. The van der Waals surface area contributed by atoms with E-state index in [2.05, 4.69) is 5.32 Å². The largest absolute Gasteiger partial charge is 0.375 e. The molecule has 0 saturated heterocycles. The van der Waals surface area contributed by atoms with E-state index in [1.807, 2.05) is 39.0 Å². The lowest BCUT2D eigenvalue weighted by atomic mass is 10.00. The number of anilines is 1. The van der Waals surface area contributed by atoms with Crippen LogP contribution in [0.3, 0.4) is 0 Å². The van der Waals surface area contributed by atoms with Gasteiger partial charge in [-0.1, -0.05) is 35.4 Å². The first-order valence-electron chi connectivity index (χ1n) is 6.36. The molecule has 0 bridgehead atoms. The number of benzene rings is 2. The molecule has 0 radical (unpaired) electrons. The van der Waals surface area contributed by atoms with E-state index in [4.69, 9.17) is 11.6 Å². The van der Waals surface area contributed by atoms with Crippen LogP contribution < -0.4 is 5.32 Å². The van der Waals surface area contributed by atoms with Crippen LogP contribution in [0.1, 0.15) is 29.7 Å². The van der Waals surface area contributed by atoms with Crippen molar-refractivity contribution in [2.45, 2.75) is 26.8 Å². The number of hydrogen-bond acceptors (Lipinski definition) is 1. The Morgan fingerprint density at radius 3 is 2.45 bits per heavy atom. The van der Waals surface area contributed by atoms with Crippen LogP contribution in [0.15, 0.2) is 30.3 Å². The molecule has 1 N–H and O–H groups in total. The Labute approximate surface area is 122 Å². The quantitative estimate of drug-likeness (QED) is 0.798. The predicted molar refractivity (Wildman–Crippen MR) is 79.3 cm³/mol. The van der Waals surface area contributed by atoms with Crippen molar-refractivity contribution in [2.75, 3.05) is 5.32 Å². The van der Waals surface area contributed by atoms with E-state index in [1.54, 1.807) is 0 Å². The summed E-state index contributed by atoms with van der Waals surface area (Å²) in [5.41, 5.74) is 3.42. The van der Waals surface area contributed by atoms with E-state index in [0.29, 0.717) is 0 Å². The zero-order valence-corrected chi connectivity index (χ0v) is 12.4. The van der Waals surface area contributed by atoms with E-state index in [9.17, 15) is 8.78 Å². The highest BCUT2D eigenvalue weighted by Crippen LogP contribution is 2.31. The summed E-state index contributed by atoms with van der Waals surface area (Å²) in [5.74, 6) is -1.37. The summed E-state index contributed by atoms with van der Waals surface area (Å²) in [4.78, 5) is 0. The van der Waals surface area contributed by atoms with Gasteiger partial charge in [-0.2, -0.15) is 0 Å². The Morgan fingerprint density at radius 2 is 1.80 bits per heavy atom. The maximum atomic E-state index is 13.8. The molecule has 2 aromatic carbocycles. The molecule has 0 spiro atoms. The molecule has 0 aliphatic rings. The Hall–Kier alpha value is -1.61. The summed E-state index contributed by atoms with van der Waals surface area (Å²) >= 11 is 5.89. The number of hydrogen-bond donors (Lipinski definition) is 1. The molecule has 4 heteroatoms. The fourth-order valence-electron chi connectivity index (χ4n) is 2.20. The second kappa shape index (κ2) is 5.80. The fourth-order valence-corrected chi connectivity index (χ4v) is 2.45. The third-order valence-electron chi connectivity index (χ3n) is 3.27. The summed E-state index contributed by atoms with van der Waals surface area (Å²) < 4.78 is 26.8. The maximum Gasteiger partial charge on any atom is 0.150 e. The molecule has 0 aromatic heterocycles. The monoisotopic (exact) mass is 295 g/mol. The van der Waals surface area contributed by atoms with Gasteiger partial charge in [-0.3, -0.25) is 0 Å². The Bertz CT molecular complexity index is 617. The first-order chi connectivity index (χ1) is 9.38. The van der Waals surface area contributed by atoms with Gasteiger partial charge < -0.3 is 5.32 Å². The molecule has 0 heterocycles. The third kappa shape index (κ3) is 3.10. The molecular weight excluding hydrogens is 280 g/mol. The molecule has 0 amide bonds.